The highest BCUT2D eigenvalue weighted by molar-refractivity contribution is 5.65. The van der Waals surface area contributed by atoms with Gasteiger partial charge in [0.15, 0.2) is 17.5 Å². The molecule has 2 N–H and O–H groups in total. The molecule has 5 nitrogen and oxygen atoms in total. The Morgan fingerprint density at radius 3 is 2.52 bits per heavy atom. The van der Waals surface area contributed by atoms with Crippen molar-refractivity contribution in [2.45, 2.75) is 0 Å². The van der Waals surface area contributed by atoms with Gasteiger partial charge in [-0.3, -0.25) is 4.68 Å². The van der Waals surface area contributed by atoms with Crippen molar-refractivity contribution >= 4 is 5.82 Å². The summed E-state index contributed by atoms with van der Waals surface area (Å²) in [7, 11) is 1.78. The fourth-order valence-corrected chi connectivity index (χ4v) is 1.93. The maximum absolute atomic E-state index is 13.3. The third kappa shape index (κ3) is 2.58. The predicted octanol–water partition coefficient (Wildman–Crippen LogP) is 2.40. The van der Waals surface area contributed by atoms with Gasteiger partial charge in [-0.2, -0.15) is 5.10 Å². The molecule has 0 saturated carbocycles. The number of nitrogens with zero attached hydrogens (tertiary/aromatic N) is 4. The van der Waals surface area contributed by atoms with Crippen molar-refractivity contribution in [2.24, 2.45) is 7.05 Å². The normalized spacial score (nSPS) is 10.8. The zero-order valence-electron chi connectivity index (χ0n) is 11.1. The first-order chi connectivity index (χ1) is 10.0. The van der Waals surface area contributed by atoms with Crippen LogP contribution < -0.4 is 5.73 Å². The van der Waals surface area contributed by atoms with Crippen molar-refractivity contribution in [3.8, 4) is 22.6 Å². The molecule has 0 spiro atoms. The van der Waals surface area contributed by atoms with Gasteiger partial charge in [-0.25, -0.2) is 18.7 Å². The van der Waals surface area contributed by atoms with Crippen LogP contribution in [0.5, 0.6) is 0 Å². The molecule has 0 aliphatic carbocycles. The Kier molecular flexibility index (Phi) is 3.09. The number of nitrogens with two attached hydrogens (primary N) is 1. The number of halogens is 2. The molecule has 3 rings (SSSR count). The highest BCUT2D eigenvalue weighted by Gasteiger charge is 2.11. The molecule has 0 bridgehead atoms. The first kappa shape index (κ1) is 13.2. The number of aromatic nitrogens is 4. The predicted molar refractivity (Wildman–Crippen MR) is 74.0 cm³/mol. The summed E-state index contributed by atoms with van der Waals surface area (Å²) in [5, 5.41) is 4.06. The van der Waals surface area contributed by atoms with Gasteiger partial charge in [0.1, 0.15) is 5.82 Å². The summed E-state index contributed by atoms with van der Waals surface area (Å²) in [5.41, 5.74) is 7.44. The monoisotopic (exact) mass is 287 g/mol. The first-order valence-electron chi connectivity index (χ1n) is 6.12. The Labute approximate surface area is 119 Å². The van der Waals surface area contributed by atoms with E-state index in [1.807, 2.05) is 0 Å². The maximum Gasteiger partial charge on any atom is 0.162 e. The zero-order chi connectivity index (χ0) is 15.0. The lowest BCUT2D eigenvalue weighted by Gasteiger charge is -2.05. The van der Waals surface area contributed by atoms with Crippen LogP contribution in [0.25, 0.3) is 22.6 Å². The lowest BCUT2D eigenvalue weighted by molar-refractivity contribution is 0.509. The van der Waals surface area contributed by atoms with Crippen LogP contribution >= 0.6 is 0 Å². The molecule has 21 heavy (non-hydrogen) atoms. The molecule has 2 heterocycles. The third-order valence-electron chi connectivity index (χ3n) is 2.92. The van der Waals surface area contributed by atoms with Crippen molar-refractivity contribution in [2.75, 3.05) is 5.73 Å². The number of hydrogen-bond acceptors (Lipinski definition) is 4. The maximum atomic E-state index is 13.3. The molecule has 0 unspecified atom stereocenters. The standard InChI is InChI=1S/C14H11F2N5/c1-21-7-9(6-18-21)12-5-13(17)20-14(19-12)8-2-3-10(15)11(16)4-8/h2-7H,1H3,(H2,17,19,20). The lowest BCUT2D eigenvalue weighted by atomic mass is 10.2. The SMILES string of the molecule is Cn1cc(-c2cc(N)nc(-c3ccc(F)c(F)c3)n2)cn1. The van der Waals surface area contributed by atoms with Crippen LogP contribution in [0.2, 0.25) is 0 Å². The van der Waals surface area contributed by atoms with E-state index in [0.29, 0.717) is 11.3 Å². The van der Waals surface area contributed by atoms with Gasteiger partial charge in [0.25, 0.3) is 0 Å². The molecule has 0 aliphatic heterocycles. The number of rotatable bonds is 2. The van der Waals surface area contributed by atoms with E-state index in [-0.39, 0.29) is 11.6 Å². The summed E-state index contributed by atoms with van der Waals surface area (Å²) >= 11 is 0. The Bertz CT molecular complexity index is 813. The molecular weight excluding hydrogens is 276 g/mol. The van der Waals surface area contributed by atoms with E-state index < -0.39 is 11.6 Å². The molecule has 1 aromatic carbocycles. The quantitative estimate of drug-likeness (QED) is 0.785. The van der Waals surface area contributed by atoms with E-state index in [2.05, 4.69) is 15.1 Å². The Morgan fingerprint density at radius 2 is 1.86 bits per heavy atom. The smallest absolute Gasteiger partial charge is 0.162 e. The van der Waals surface area contributed by atoms with Gasteiger partial charge in [-0.05, 0) is 18.2 Å². The zero-order valence-corrected chi connectivity index (χ0v) is 11.1. The second kappa shape index (κ2) is 4.93. The summed E-state index contributed by atoms with van der Waals surface area (Å²) in [4.78, 5) is 8.38. The molecule has 0 amide bonds. The highest BCUT2D eigenvalue weighted by atomic mass is 19.2. The van der Waals surface area contributed by atoms with Gasteiger partial charge in [0, 0.05) is 30.4 Å². The largest absolute Gasteiger partial charge is 0.384 e. The number of hydrogen-bond donors (Lipinski definition) is 1. The second-order valence-corrected chi connectivity index (χ2v) is 4.53. The fraction of sp³-hybridized carbons (Fsp3) is 0.0714. The average Bonchev–Trinajstić information content (AvgIpc) is 2.88. The third-order valence-corrected chi connectivity index (χ3v) is 2.92. The summed E-state index contributed by atoms with van der Waals surface area (Å²) in [6.07, 6.45) is 3.41. The van der Waals surface area contributed by atoms with Crippen molar-refractivity contribution in [1.29, 1.82) is 0 Å². The molecule has 0 atom stereocenters. The molecule has 2 aromatic heterocycles. The van der Waals surface area contributed by atoms with Crippen molar-refractivity contribution in [3.05, 3.63) is 48.3 Å². The van der Waals surface area contributed by atoms with E-state index in [1.54, 1.807) is 30.2 Å². The van der Waals surface area contributed by atoms with E-state index in [0.717, 1.165) is 17.7 Å². The minimum Gasteiger partial charge on any atom is -0.384 e. The summed E-state index contributed by atoms with van der Waals surface area (Å²) in [5.74, 6) is -1.41. The number of nitrogen functional groups attached to an aromatic ring is 1. The molecular formula is C14H11F2N5. The van der Waals surface area contributed by atoms with Crippen molar-refractivity contribution in [1.82, 2.24) is 19.7 Å². The summed E-state index contributed by atoms with van der Waals surface area (Å²) < 4.78 is 27.9. The topological polar surface area (TPSA) is 69.6 Å². The first-order valence-corrected chi connectivity index (χ1v) is 6.12. The van der Waals surface area contributed by atoms with Gasteiger partial charge < -0.3 is 5.73 Å². The fourth-order valence-electron chi connectivity index (χ4n) is 1.93. The minimum atomic E-state index is -0.957. The van der Waals surface area contributed by atoms with Crippen LogP contribution in [0.3, 0.4) is 0 Å². The molecule has 0 radical (unpaired) electrons. The Morgan fingerprint density at radius 1 is 1.05 bits per heavy atom. The van der Waals surface area contributed by atoms with Gasteiger partial charge >= 0.3 is 0 Å². The van der Waals surface area contributed by atoms with Crippen LogP contribution in [0.15, 0.2) is 36.7 Å². The van der Waals surface area contributed by atoms with Crippen molar-refractivity contribution < 1.29 is 8.78 Å². The summed E-state index contributed by atoms with van der Waals surface area (Å²) in [6.45, 7) is 0. The average molecular weight is 287 g/mol. The van der Waals surface area contributed by atoms with Gasteiger partial charge in [0.05, 0.1) is 11.9 Å². The summed E-state index contributed by atoms with van der Waals surface area (Å²) in [6, 6.07) is 5.07. The highest BCUT2D eigenvalue weighted by Crippen LogP contribution is 2.24. The van der Waals surface area contributed by atoms with Crippen LogP contribution in [-0.4, -0.2) is 19.7 Å². The van der Waals surface area contributed by atoms with Crippen molar-refractivity contribution in [3.63, 3.8) is 0 Å². The molecule has 7 heteroatoms. The second-order valence-electron chi connectivity index (χ2n) is 4.53. The Hall–Kier alpha value is -2.83. The van der Waals surface area contributed by atoms with Gasteiger partial charge in [-0.1, -0.05) is 0 Å². The number of benzene rings is 1. The number of aryl methyl sites for hydroxylation is 1. The van der Waals surface area contributed by atoms with E-state index in [1.165, 1.54) is 6.07 Å². The Balaban J connectivity index is 2.11. The van der Waals surface area contributed by atoms with E-state index in [9.17, 15) is 8.78 Å². The molecule has 0 saturated heterocycles. The molecule has 0 aliphatic rings. The minimum absolute atomic E-state index is 0.229. The molecule has 106 valence electrons. The van der Waals surface area contributed by atoms with Crippen LogP contribution in [-0.2, 0) is 7.05 Å². The van der Waals surface area contributed by atoms with Gasteiger partial charge in [0.2, 0.25) is 0 Å². The van der Waals surface area contributed by atoms with Crippen LogP contribution in [0.4, 0.5) is 14.6 Å². The molecule has 0 fully saturated rings. The van der Waals surface area contributed by atoms with Gasteiger partial charge in [-0.15, -0.1) is 0 Å². The van der Waals surface area contributed by atoms with Crippen LogP contribution in [0.1, 0.15) is 0 Å². The number of anilines is 1. The van der Waals surface area contributed by atoms with E-state index in [4.69, 9.17) is 5.73 Å². The lowest BCUT2D eigenvalue weighted by Crippen LogP contribution is -1.98. The molecule has 3 aromatic rings. The van der Waals surface area contributed by atoms with Crippen LogP contribution in [0, 0.1) is 11.6 Å². The van der Waals surface area contributed by atoms with E-state index >= 15 is 0 Å².